The van der Waals surface area contributed by atoms with Crippen molar-refractivity contribution in [1.29, 1.82) is 0 Å². The predicted molar refractivity (Wildman–Crippen MR) is 99.0 cm³/mol. The van der Waals surface area contributed by atoms with E-state index in [0.29, 0.717) is 18.0 Å². The number of H-pyrrole nitrogens is 1. The summed E-state index contributed by atoms with van der Waals surface area (Å²) in [7, 11) is 0. The average Bonchev–Trinajstić information content (AvgIpc) is 3.18. The summed E-state index contributed by atoms with van der Waals surface area (Å²) in [5.41, 5.74) is 3.07. The number of carbonyl (C=O) groups excluding carboxylic acids is 1. The van der Waals surface area contributed by atoms with Crippen molar-refractivity contribution < 1.29 is 13.9 Å². The van der Waals surface area contributed by atoms with Crippen LogP contribution in [0, 0.1) is 5.82 Å². The lowest BCUT2D eigenvalue weighted by Crippen LogP contribution is -2.30. The van der Waals surface area contributed by atoms with Gasteiger partial charge in [-0.05, 0) is 61.2 Å². The third-order valence-electron chi connectivity index (χ3n) is 4.80. The summed E-state index contributed by atoms with van der Waals surface area (Å²) in [4.78, 5) is 12.6. The van der Waals surface area contributed by atoms with Crippen LogP contribution < -0.4 is 10.1 Å². The van der Waals surface area contributed by atoms with Gasteiger partial charge in [-0.2, -0.15) is 5.10 Å². The minimum atomic E-state index is -0.297. The van der Waals surface area contributed by atoms with Crippen molar-refractivity contribution in [3.8, 4) is 11.5 Å². The molecule has 27 heavy (non-hydrogen) atoms. The number of aromatic nitrogens is 2. The highest BCUT2D eigenvalue weighted by Crippen LogP contribution is 2.30. The van der Waals surface area contributed by atoms with E-state index in [9.17, 15) is 9.18 Å². The van der Waals surface area contributed by atoms with E-state index in [1.807, 2.05) is 24.3 Å². The topological polar surface area (TPSA) is 67.0 Å². The van der Waals surface area contributed by atoms with Gasteiger partial charge in [-0.1, -0.05) is 12.1 Å². The molecule has 0 bridgehead atoms. The van der Waals surface area contributed by atoms with Gasteiger partial charge in [0.25, 0.3) is 0 Å². The Morgan fingerprint density at radius 2 is 1.85 bits per heavy atom. The highest BCUT2D eigenvalue weighted by atomic mass is 19.1. The maximum Gasteiger partial charge on any atom is 0.227 e. The second-order valence-corrected chi connectivity index (χ2v) is 6.67. The van der Waals surface area contributed by atoms with Crippen molar-refractivity contribution in [2.45, 2.75) is 31.7 Å². The van der Waals surface area contributed by atoms with Crippen molar-refractivity contribution >= 4 is 5.91 Å². The molecule has 3 aromatic rings. The Balaban J connectivity index is 1.34. The third kappa shape index (κ3) is 4.00. The van der Waals surface area contributed by atoms with Crippen LogP contribution in [0.5, 0.6) is 11.5 Å². The normalized spacial score (nSPS) is 15.8. The van der Waals surface area contributed by atoms with E-state index in [1.54, 1.807) is 18.3 Å². The van der Waals surface area contributed by atoms with E-state index in [1.165, 1.54) is 12.1 Å². The first-order chi connectivity index (χ1) is 13.2. The minimum absolute atomic E-state index is 0.0315. The average molecular weight is 365 g/mol. The monoisotopic (exact) mass is 365 g/mol. The summed E-state index contributed by atoms with van der Waals surface area (Å²) in [6.45, 7) is 0.458. The molecule has 1 aromatic heterocycles. The number of halogens is 1. The van der Waals surface area contributed by atoms with Gasteiger partial charge >= 0.3 is 0 Å². The Hall–Kier alpha value is -3.15. The van der Waals surface area contributed by atoms with Crippen LogP contribution in [0.25, 0.3) is 0 Å². The van der Waals surface area contributed by atoms with Gasteiger partial charge in [0.2, 0.25) is 5.91 Å². The van der Waals surface area contributed by atoms with Gasteiger partial charge in [0.1, 0.15) is 17.3 Å². The van der Waals surface area contributed by atoms with Gasteiger partial charge in [0, 0.05) is 17.8 Å². The molecule has 4 rings (SSSR count). The van der Waals surface area contributed by atoms with Crippen LogP contribution in [-0.4, -0.2) is 16.1 Å². The number of amides is 1. The fraction of sp³-hybridized carbons (Fsp3) is 0.238. The summed E-state index contributed by atoms with van der Waals surface area (Å²) in [5.74, 6) is 0.837. The Morgan fingerprint density at radius 1 is 1.15 bits per heavy atom. The van der Waals surface area contributed by atoms with Gasteiger partial charge in [-0.25, -0.2) is 4.39 Å². The molecule has 1 atom stereocenters. The number of ether oxygens (including phenoxy) is 1. The Morgan fingerprint density at radius 3 is 2.59 bits per heavy atom. The fourth-order valence-electron chi connectivity index (χ4n) is 3.36. The van der Waals surface area contributed by atoms with Crippen molar-refractivity contribution in [1.82, 2.24) is 15.5 Å². The maximum atomic E-state index is 12.9. The number of aryl methyl sites for hydroxylation is 1. The van der Waals surface area contributed by atoms with Gasteiger partial charge in [0.15, 0.2) is 0 Å². The van der Waals surface area contributed by atoms with E-state index in [-0.39, 0.29) is 17.6 Å². The van der Waals surface area contributed by atoms with Crippen molar-refractivity contribution in [2.24, 2.45) is 0 Å². The molecule has 0 saturated carbocycles. The molecule has 0 fully saturated rings. The molecular weight excluding hydrogens is 345 g/mol. The van der Waals surface area contributed by atoms with Crippen LogP contribution in [0.2, 0.25) is 0 Å². The molecule has 1 unspecified atom stereocenters. The highest BCUT2D eigenvalue weighted by Gasteiger charge is 2.27. The number of benzene rings is 2. The SMILES string of the molecule is O=C(NCc1ccc(Oc2ccc(F)cc2)cc1)C1CCCc2[nH]ncc21. The molecule has 2 aromatic carbocycles. The lowest BCUT2D eigenvalue weighted by atomic mass is 9.86. The molecule has 0 saturated heterocycles. The summed E-state index contributed by atoms with van der Waals surface area (Å²) in [5, 5.41) is 10.1. The lowest BCUT2D eigenvalue weighted by molar-refractivity contribution is -0.123. The highest BCUT2D eigenvalue weighted by molar-refractivity contribution is 5.84. The Bertz CT molecular complexity index is 919. The molecule has 5 nitrogen and oxygen atoms in total. The zero-order valence-electron chi connectivity index (χ0n) is 14.7. The number of fused-ring (bicyclic) bond motifs is 1. The molecular formula is C21H20FN3O2. The van der Waals surface area contributed by atoms with Gasteiger partial charge in [-0.15, -0.1) is 0 Å². The third-order valence-corrected chi connectivity index (χ3v) is 4.80. The number of nitrogens with one attached hydrogen (secondary N) is 2. The number of rotatable bonds is 5. The fourth-order valence-corrected chi connectivity index (χ4v) is 3.36. The van der Waals surface area contributed by atoms with Gasteiger partial charge < -0.3 is 10.1 Å². The minimum Gasteiger partial charge on any atom is -0.457 e. The molecule has 1 aliphatic carbocycles. The second-order valence-electron chi connectivity index (χ2n) is 6.67. The lowest BCUT2D eigenvalue weighted by Gasteiger charge is -2.21. The molecule has 138 valence electrons. The van der Waals surface area contributed by atoms with Crippen molar-refractivity contribution in [2.75, 3.05) is 0 Å². The zero-order chi connectivity index (χ0) is 18.6. The van der Waals surface area contributed by atoms with E-state index in [0.717, 1.165) is 36.1 Å². The second kappa shape index (κ2) is 7.61. The number of hydrogen-bond donors (Lipinski definition) is 2. The van der Waals surface area contributed by atoms with Crippen molar-refractivity contribution in [3.05, 3.63) is 77.4 Å². The van der Waals surface area contributed by atoms with E-state index in [4.69, 9.17) is 4.74 Å². The van der Waals surface area contributed by atoms with E-state index >= 15 is 0 Å². The Kier molecular flexibility index (Phi) is 4.87. The maximum absolute atomic E-state index is 12.9. The van der Waals surface area contributed by atoms with Crippen LogP contribution in [0.4, 0.5) is 4.39 Å². The van der Waals surface area contributed by atoms with E-state index in [2.05, 4.69) is 15.5 Å². The molecule has 0 radical (unpaired) electrons. The molecule has 2 N–H and O–H groups in total. The molecule has 1 heterocycles. The van der Waals surface area contributed by atoms with Crippen LogP contribution >= 0.6 is 0 Å². The standard InChI is InChI=1S/C21H20FN3O2/c22-15-6-10-17(11-7-15)27-16-8-4-14(5-9-16)12-23-21(26)18-2-1-3-20-19(18)13-24-25-20/h4-11,13,18H,1-3,12H2,(H,23,26)(H,24,25). The first kappa shape index (κ1) is 17.3. The van der Waals surface area contributed by atoms with Gasteiger partial charge in [0.05, 0.1) is 12.1 Å². The molecule has 6 heteroatoms. The van der Waals surface area contributed by atoms with E-state index < -0.39 is 0 Å². The summed E-state index contributed by atoms with van der Waals surface area (Å²) in [6.07, 6.45) is 4.56. The van der Waals surface area contributed by atoms with Crippen molar-refractivity contribution in [3.63, 3.8) is 0 Å². The number of carbonyl (C=O) groups is 1. The molecule has 1 aliphatic rings. The van der Waals surface area contributed by atoms with Crippen LogP contribution in [0.15, 0.2) is 54.7 Å². The number of aromatic amines is 1. The van der Waals surface area contributed by atoms with Crippen LogP contribution in [0.1, 0.15) is 35.6 Å². The van der Waals surface area contributed by atoms with Crippen LogP contribution in [-0.2, 0) is 17.8 Å². The summed E-state index contributed by atoms with van der Waals surface area (Å²) in [6, 6.07) is 13.4. The first-order valence-corrected chi connectivity index (χ1v) is 9.01. The van der Waals surface area contributed by atoms with Crippen LogP contribution in [0.3, 0.4) is 0 Å². The zero-order valence-corrected chi connectivity index (χ0v) is 14.7. The summed E-state index contributed by atoms with van der Waals surface area (Å²) < 4.78 is 18.6. The summed E-state index contributed by atoms with van der Waals surface area (Å²) >= 11 is 0. The first-order valence-electron chi connectivity index (χ1n) is 9.01. The Labute approximate surface area is 156 Å². The molecule has 1 amide bonds. The number of nitrogens with zero attached hydrogens (tertiary/aromatic N) is 1. The quantitative estimate of drug-likeness (QED) is 0.716. The molecule has 0 spiro atoms. The predicted octanol–water partition coefficient (Wildman–Crippen LogP) is 4.08. The molecule has 0 aliphatic heterocycles. The smallest absolute Gasteiger partial charge is 0.227 e. The number of hydrogen-bond acceptors (Lipinski definition) is 3. The largest absolute Gasteiger partial charge is 0.457 e. The van der Waals surface area contributed by atoms with Gasteiger partial charge in [-0.3, -0.25) is 9.89 Å².